The van der Waals surface area contributed by atoms with Crippen molar-refractivity contribution >= 4 is 63.8 Å². The molecule has 0 radical (unpaired) electrons. The van der Waals surface area contributed by atoms with E-state index in [9.17, 15) is 14.4 Å². The van der Waals surface area contributed by atoms with Gasteiger partial charge in [-0.05, 0) is 52.0 Å². The summed E-state index contributed by atoms with van der Waals surface area (Å²) in [6.45, 7) is 6.43. The van der Waals surface area contributed by atoms with Crippen LogP contribution in [0.25, 0.3) is 17.4 Å². The molecule has 10 heteroatoms. The fourth-order valence-corrected chi connectivity index (χ4v) is 4.35. The number of hydrogen-bond donors (Lipinski definition) is 1. The van der Waals surface area contributed by atoms with Crippen molar-refractivity contribution < 1.29 is 23.5 Å². The molecule has 1 aliphatic heterocycles. The summed E-state index contributed by atoms with van der Waals surface area (Å²) in [5.74, 6) is -0.481. The lowest BCUT2D eigenvalue weighted by atomic mass is 10.2. The molecule has 1 fully saturated rings. The average molecular weight is 507 g/mol. The molecule has 1 atom stereocenters. The van der Waals surface area contributed by atoms with Gasteiger partial charge in [-0.1, -0.05) is 47.7 Å². The minimum Gasteiger partial charge on any atom is -0.458 e. The molecule has 1 N–H and O–H groups in total. The van der Waals surface area contributed by atoms with E-state index in [2.05, 4.69) is 5.32 Å². The van der Waals surface area contributed by atoms with E-state index < -0.39 is 29.4 Å². The van der Waals surface area contributed by atoms with E-state index >= 15 is 0 Å². The molecule has 2 heterocycles. The van der Waals surface area contributed by atoms with Crippen LogP contribution in [0.3, 0.4) is 0 Å². The Balaban J connectivity index is 1.65. The van der Waals surface area contributed by atoms with Crippen molar-refractivity contribution in [3.8, 4) is 11.3 Å². The van der Waals surface area contributed by atoms with Crippen LogP contribution in [0.4, 0.5) is 0 Å². The molecule has 2 aromatic rings. The maximum atomic E-state index is 12.8. The zero-order chi connectivity index (χ0) is 24.3. The molecule has 0 saturated carbocycles. The van der Waals surface area contributed by atoms with Crippen LogP contribution >= 0.6 is 35.6 Å². The summed E-state index contributed by atoms with van der Waals surface area (Å²) >= 11 is 12.6. The predicted molar refractivity (Wildman–Crippen MR) is 132 cm³/mol. The highest BCUT2D eigenvalue weighted by atomic mass is 35.5. The van der Waals surface area contributed by atoms with Crippen molar-refractivity contribution in [3.05, 3.63) is 52.1 Å². The van der Waals surface area contributed by atoms with E-state index in [-0.39, 0.29) is 10.9 Å². The van der Waals surface area contributed by atoms with Crippen LogP contribution in [0.5, 0.6) is 0 Å². The third kappa shape index (κ3) is 6.46. The van der Waals surface area contributed by atoms with Gasteiger partial charge in [-0.15, -0.1) is 0 Å². The Morgan fingerprint density at radius 3 is 2.64 bits per heavy atom. The van der Waals surface area contributed by atoms with Crippen LogP contribution in [0.2, 0.25) is 5.02 Å². The molecular weight excluding hydrogens is 484 g/mol. The minimum absolute atomic E-state index is 0.240. The quantitative estimate of drug-likeness (QED) is 0.346. The zero-order valence-electron chi connectivity index (χ0n) is 18.5. The number of benzene rings is 1. The number of furan rings is 1. The second-order valence-electron chi connectivity index (χ2n) is 8.27. The van der Waals surface area contributed by atoms with Crippen LogP contribution in [0.1, 0.15) is 33.5 Å². The van der Waals surface area contributed by atoms with Gasteiger partial charge < -0.3 is 14.5 Å². The van der Waals surface area contributed by atoms with Crippen molar-refractivity contribution in [2.75, 3.05) is 6.54 Å². The number of thioether (sulfide) groups is 1. The Morgan fingerprint density at radius 1 is 1.27 bits per heavy atom. The maximum Gasteiger partial charge on any atom is 0.328 e. The number of halogens is 1. The predicted octanol–water partition coefficient (Wildman–Crippen LogP) is 4.65. The molecule has 33 heavy (non-hydrogen) atoms. The van der Waals surface area contributed by atoms with Gasteiger partial charge in [0.1, 0.15) is 34.0 Å². The first-order valence-corrected chi connectivity index (χ1v) is 11.7. The highest BCUT2D eigenvalue weighted by Crippen LogP contribution is 2.34. The minimum atomic E-state index is -0.864. The lowest BCUT2D eigenvalue weighted by Gasteiger charge is -2.23. The first kappa shape index (κ1) is 25.0. The van der Waals surface area contributed by atoms with Gasteiger partial charge in [0.25, 0.3) is 5.91 Å². The van der Waals surface area contributed by atoms with Gasteiger partial charge in [0.2, 0.25) is 5.91 Å². The Hall–Kier alpha value is -2.62. The van der Waals surface area contributed by atoms with Gasteiger partial charge in [-0.2, -0.15) is 0 Å². The summed E-state index contributed by atoms with van der Waals surface area (Å²) < 4.78 is 11.3. The van der Waals surface area contributed by atoms with Crippen molar-refractivity contribution in [2.24, 2.45) is 0 Å². The molecule has 174 valence electrons. The number of carbonyl (C=O) groups excluding carboxylic acids is 3. The summed E-state index contributed by atoms with van der Waals surface area (Å²) in [6, 6.07) is 9.89. The molecule has 3 rings (SSSR count). The summed E-state index contributed by atoms with van der Waals surface area (Å²) in [5, 5.41) is 3.09. The fourth-order valence-electron chi connectivity index (χ4n) is 2.88. The Bertz CT molecular complexity index is 1140. The van der Waals surface area contributed by atoms with Gasteiger partial charge in [0.05, 0.1) is 9.93 Å². The number of nitrogens with one attached hydrogen (secondary N) is 1. The standard InChI is InChI=1S/C23H23ClN2O5S2/c1-13(21(29)31-23(2,3)4)25-19(27)12-26-20(28)18(33-22(26)32)11-14-9-10-17(30-14)15-7-5-6-8-16(15)24/h5-11,13H,12H2,1-4H3,(H,25,27)/b18-11-. The van der Waals surface area contributed by atoms with Crippen LogP contribution in [0.15, 0.2) is 45.7 Å². The molecule has 7 nitrogen and oxygen atoms in total. The molecule has 0 aliphatic carbocycles. The van der Waals surface area contributed by atoms with Crippen molar-refractivity contribution in [2.45, 2.75) is 39.3 Å². The van der Waals surface area contributed by atoms with Crippen LogP contribution < -0.4 is 5.32 Å². The molecule has 0 bridgehead atoms. The molecule has 1 aromatic heterocycles. The molecule has 0 spiro atoms. The van der Waals surface area contributed by atoms with Gasteiger partial charge in [-0.3, -0.25) is 14.5 Å². The Kier molecular flexibility index (Phi) is 7.66. The average Bonchev–Trinajstić information content (AvgIpc) is 3.27. The van der Waals surface area contributed by atoms with E-state index in [1.807, 2.05) is 18.2 Å². The highest BCUT2D eigenvalue weighted by Gasteiger charge is 2.34. The summed E-state index contributed by atoms with van der Waals surface area (Å²) in [5.41, 5.74) is 0.0679. The van der Waals surface area contributed by atoms with Gasteiger partial charge in [-0.25, -0.2) is 4.79 Å². The first-order valence-electron chi connectivity index (χ1n) is 10.1. The van der Waals surface area contributed by atoms with Gasteiger partial charge >= 0.3 is 5.97 Å². The van der Waals surface area contributed by atoms with E-state index in [0.29, 0.717) is 21.4 Å². The van der Waals surface area contributed by atoms with Crippen LogP contribution in [-0.2, 0) is 19.1 Å². The van der Waals surface area contributed by atoms with Gasteiger partial charge in [0, 0.05) is 11.6 Å². The third-order valence-corrected chi connectivity index (χ3v) is 6.06. The number of rotatable bonds is 6. The highest BCUT2D eigenvalue weighted by molar-refractivity contribution is 8.26. The number of ether oxygens (including phenoxy) is 1. The van der Waals surface area contributed by atoms with Crippen LogP contribution in [-0.4, -0.2) is 45.2 Å². The lowest BCUT2D eigenvalue weighted by Crippen LogP contribution is -2.46. The van der Waals surface area contributed by atoms with E-state index in [4.69, 9.17) is 33.0 Å². The molecular formula is C23H23ClN2O5S2. The number of amides is 2. The summed E-state index contributed by atoms with van der Waals surface area (Å²) in [6.07, 6.45) is 1.57. The second-order valence-corrected chi connectivity index (χ2v) is 10.4. The normalized spacial score (nSPS) is 16.3. The van der Waals surface area contributed by atoms with E-state index in [1.165, 1.54) is 11.8 Å². The summed E-state index contributed by atoms with van der Waals surface area (Å²) in [7, 11) is 0. The van der Waals surface area contributed by atoms with Crippen molar-refractivity contribution in [1.82, 2.24) is 10.2 Å². The number of nitrogens with zero attached hydrogens (tertiary/aromatic N) is 1. The first-order chi connectivity index (χ1) is 15.4. The van der Waals surface area contributed by atoms with Crippen molar-refractivity contribution in [1.29, 1.82) is 0 Å². The van der Waals surface area contributed by atoms with Gasteiger partial charge in [0.15, 0.2) is 0 Å². The topological polar surface area (TPSA) is 88.9 Å². The number of esters is 1. The van der Waals surface area contributed by atoms with E-state index in [1.54, 1.807) is 45.0 Å². The zero-order valence-corrected chi connectivity index (χ0v) is 20.9. The molecule has 1 aliphatic rings. The molecule has 1 aromatic carbocycles. The number of carbonyl (C=O) groups is 3. The van der Waals surface area contributed by atoms with Crippen LogP contribution in [0, 0.1) is 0 Å². The third-order valence-electron chi connectivity index (χ3n) is 4.35. The molecule has 1 saturated heterocycles. The SMILES string of the molecule is CC(NC(=O)CN1C(=O)/C(=C/c2ccc(-c3ccccc3Cl)o2)SC1=S)C(=O)OC(C)(C)C. The van der Waals surface area contributed by atoms with E-state index in [0.717, 1.165) is 17.3 Å². The monoisotopic (exact) mass is 506 g/mol. The maximum absolute atomic E-state index is 12.8. The van der Waals surface area contributed by atoms with Crippen molar-refractivity contribution in [3.63, 3.8) is 0 Å². The molecule has 1 unspecified atom stereocenters. The second kappa shape index (κ2) is 10.1. The number of thiocarbonyl (C=S) groups is 1. The molecule has 2 amide bonds. The largest absolute Gasteiger partial charge is 0.458 e. The Labute approximate surface area is 206 Å². The lowest BCUT2D eigenvalue weighted by molar-refractivity contribution is -0.158. The Morgan fingerprint density at radius 2 is 1.97 bits per heavy atom. The summed E-state index contributed by atoms with van der Waals surface area (Å²) in [4.78, 5) is 38.8. The number of hydrogen-bond acceptors (Lipinski definition) is 7. The fraction of sp³-hybridized carbons (Fsp3) is 0.304. The smallest absolute Gasteiger partial charge is 0.328 e.